The Morgan fingerprint density at radius 2 is 1.83 bits per heavy atom. The van der Waals surface area contributed by atoms with Gasteiger partial charge in [0.1, 0.15) is 11.9 Å². The number of anilines is 1. The van der Waals surface area contributed by atoms with Crippen LogP contribution in [0.3, 0.4) is 0 Å². The molecule has 1 atom stereocenters. The number of carbonyl (C=O) groups is 1. The maximum absolute atomic E-state index is 13.7. The lowest BCUT2D eigenvalue weighted by molar-refractivity contribution is 0.0989. The second-order valence-corrected chi connectivity index (χ2v) is 8.18. The largest absolute Gasteiger partial charge is 0.294 e. The van der Waals surface area contributed by atoms with Gasteiger partial charge in [0.25, 0.3) is 5.91 Å². The van der Waals surface area contributed by atoms with E-state index in [1.165, 1.54) is 18.2 Å². The van der Waals surface area contributed by atoms with Gasteiger partial charge < -0.3 is 0 Å². The number of allylic oxidation sites excluding steroid dienone is 4. The third-order valence-corrected chi connectivity index (χ3v) is 6.04. The van der Waals surface area contributed by atoms with Crippen LogP contribution in [-0.2, 0) is 0 Å². The number of hydrogen-bond donors (Lipinski definition) is 0. The van der Waals surface area contributed by atoms with Gasteiger partial charge >= 0.3 is 0 Å². The summed E-state index contributed by atoms with van der Waals surface area (Å²) >= 11 is 15.5. The minimum Gasteiger partial charge on any atom is -0.294 e. The molecule has 5 rings (SSSR count). The number of hydrogen-bond acceptors (Lipinski definition) is 2. The van der Waals surface area contributed by atoms with Crippen molar-refractivity contribution in [1.29, 1.82) is 0 Å². The van der Waals surface area contributed by atoms with Crippen molar-refractivity contribution in [2.24, 2.45) is 0 Å². The molecule has 2 heterocycles. The molecule has 0 radical (unpaired) electrons. The number of imidazole rings is 1. The molecule has 4 nitrogen and oxygen atoms in total. The number of nitrogens with zero attached hydrogens (tertiary/aromatic N) is 3. The first-order chi connectivity index (χ1) is 14.0. The maximum atomic E-state index is 13.7. The summed E-state index contributed by atoms with van der Waals surface area (Å²) in [4.78, 5) is 19.4. The van der Waals surface area contributed by atoms with E-state index in [1.54, 1.807) is 17.0 Å². The van der Waals surface area contributed by atoms with Crippen LogP contribution in [0.5, 0.6) is 0 Å². The number of benzene rings is 2. The van der Waals surface area contributed by atoms with Crippen LogP contribution >= 0.6 is 39.1 Å². The van der Waals surface area contributed by atoms with Gasteiger partial charge in [0.2, 0.25) is 0 Å². The Labute approximate surface area is 184 Å². The van der Waals surface area contributed by atoms with E-state index in [4.69, 9.17) is 23.2 Å². The second kappa shape index (κ2) is 6.83. The van der Waals surface area contributed by atoms with Gasteiger partial charge in [-0.1, -0.05) is 41.4 Å². The fourth-order valence-corrected chi connectivity index (χ4v) is 4.47. The summed E-state index contributed by atoms with van der Waals surface area (Å²) in [5.74, 6) is -0.830. The third-order valence-electron chi connectivity index (χ3n) is 4.97. The summed E-state index contributed by atoms with van der Waals surface area (Å²) in [6, 6.07) is 11.0. The first-order valence-electron chi connectivity index (χ1n) is 8.66. The van der Waals surface area contributed by atoms with Gasteiger partial charge in [0, 0.05) is 16.4 Å². The van der Waals surface area contributed by atoms with Crippen molar-refractivity contribution in [2.75, 3.05) is 4.90 Å². The Morgan fingerprint density at radius 1 is 1.10 bits per heavy atom. The number of rotatable bonds is 3. The molecule has 1 aliphatic heterocycles. The highest BCUT2D eigenvalue weighted by atomic mass is 79.9. The number of halogens is 4. The summed E-state index contributed by atoms with van der Waals surface area (Å²) in [6.07, 6.45) is 5.79. The molecule has 8 heteroatoms. The van der Waals surface area contributed by atoms with E-state index < -0.39 is 11.9 Å². The second-order valence-electron chi connectivity index (χ2n) is 6.63. The molecule has 1 aromatic heterocycles. The van der Waals surface area contributed by atoms with Crippen LogP contribution in [0.15, 0.2) is 65.4 Å². The van der Waals surface area contributed by atoms with E-state index in [0.29, 0.717) is 21.1 Å². The Morgan fingerprint density at radius 3 is 2.45 bits per heavy atom. The van der Waals surface area contributed by atoms with Crippen LogP contribution in [-0.4, -0.2) is 15.5 Å². The highest BCUT2D eigenvalue weighted by Gasteiger charge is 2.44. The van der Waals surface area contributed by atoms with Crippen LogP contribution in [0.2, 0.25) is 10.0 Å². The normalized spacial score (nSPS) is 17.4. The molecular weight excluding hydrogens is 480 g/mol. The minimum absolute atomic E-state index is 0.0524. The third kappa shape index (κ3) is 2.86. The average molecular weight is 491 g/mol. The molecule has 144 valence electrons. The summed E-state index contributed by atoms with van der Waals surface area (Å²) in [7, 11) is 0. The fourth-order valence-electron chi connectivity index (χ4n) is 3.60. The summed E-state index contributed by atoms with van der Waals surface area (Å²) in [5.41, 5.74) is 3.30. The molecule has 1 aliphatic carbocycles. The fraction of sp³-hybridized carbons (Fsp3) is 0.0476. The Kier molecular flexibility index (Phi) is 4.38. The van der Waals surface area contributed by atoms with E-state index in [1.807, 2.05) is 34.9 Å². The van der Waals surface area contributed by atoms with E-state index >= 15 is 0 Å². The van der Waals surface area contributed by atoms with Crippen molar-refractivity contribution >= 4 is 56.4 Å². The molecule has 29 heavy (non-hydrogen) atoms. The van der Waals surface area contributed by atoms with Gasteiger partial charge in [0.05, 0.1) is 10.7 Å². The van der Waals surface area contributed by atoms with Crippen LogP contribution in [0.25, 0.3) is 5.70 Å². The van der Waals surface area contributed by atoms with Gasteiger partial charge in [-0.05, 0) is 64.0 Å². The van der Waals surface area contributed by atoms with Gasteiger partial charge in [-0.25, -0.2) is 9.37 Å². The SMILES string of the molecule is O=C1c2nc(Br)n(C3=CC=C3)c2C(c2ccc(Cl)cc2)N1c1ccc(F)c(Cl)c1. The molecule has 0 saturated heterocycles. The first-order valence-corrected chi connectivity index (χ1v) is 10.2. The average Bonchev–Trinajstić information content (AvgIpc) is 3.12. The quantitative estimate of drug-likeness (QED) is 0.435. The smallest absolute Gasteiger partial charge is 0.279 e. The van der Waals surface area contributed by atoms with Gasteiger partial charge in [-0.3, -0.25) is 14.3 Å². The van der Waals surface area contributed by atoms with Crippen molar-refractivity contribution in [2.45, 2.75) is 6.04 Å². The predicted molar refractivity (Wildman–Crippen MR) is 115 cm³/mol. The van der Waals surface area contributed by atoms with Crippen molar-refractivity contribution in [1.82, 2.24) is 9.55 Å². The molecule has 0 fully saturated rings. The molecule has 3 aromatic rings. The van der Waals surface area contributed by atoms with E-state index in [-0.39, 0.29) is 10.9 Å². The van der Waals surface area contributed by atoms with Crippen molar-refractivity contribution in [3.8, 4) is 0 Å². The zero-order chi connectivity index (χ0) is 20.3. The summed E-state index contributed by atoms with van der Waals surface area (Å²) in [6.45, 7) is 0. The van der Waals surface area contributed by atoms with Crippen LogP contribution in [0, 0.1) is 5.82 Å². The lowest BCUT2D eigenvalue weighted by atomic mass is 10.0. The topological polar surface area (TPSA) is 38.1 Å². The molecular formula is C21H11BrCl2FN3O. The lowest BCUT2D eigenvalue weighted by Crippen LogP contribution is -2.30. The monoisotopic (exact) mass is 489 g/mol. The molecule has 1 amide bonds. The molecule has 2 aliphatic rings. The highest BCUT2D eigenvalue weighted by Crippen LogP contribution is 2.45. The van der Waals surface area contributed by atoms with Gasteiger partial charge in [-0.15, -0.1) is 0 Å². The van der Waals surface area contributed by atoms with Gasteiger partial charge in [-0.2, -0.15) is 0 Å². The number of fused-ring (bicyclic) bond motifs is 1. The number of amides is 1. The number of aromatic nitrogens is 2. The van der Waals surface area contributed by atoms with Crippen molar-refractivity contribution < 1.29 is 9.18 Å². The molecule has 0 bridgehead atoms. The summed E-state index contributed by atoms with van der Waals surface area (Å²) < 4.78 is 16.2. The summed E-state index contributed by atoms with van der Waals surface area (Å²) in [5, 5.41) is 0.539. The van der Waals surface area contributed by atoms with Crippen LogP contribution < -0.4 is 4.90 Å². The van der Waals surface area contributed by atoms with Gasteiger partial charge in [0.15, 0.2) is 10.4 Å². The Hall–Kier alpha value is -2.41. The van der Waals surface area contributed by atoms with Crippen molar-refractivity contribution in [3.05, 3.63) is 98.2 Å². The zero-order valence-corrected chi connectivity index (χ0v) is 17.7. The predicted octanol–water partition coefficient (Wildman–Crippen LogP) is 6.25. The minimum atomic E-state index is -0.544. The number of carbonyl (C=O) groups excluding carboxylic acids is 1. The first kappa shape index (κ1) is 18.6. The molecule has 0 N–H and O–H groups in total. The molecule has 0 spiro atoms. The molecule has 0 saturated carbocycles. The van der Waals surface area contributed by atoms with E-state index in [9.17, 15) is 9.18 Å². The van der Waals surface area contributed by atoms with E-state index in [2.05, 4.69) is 20.9 Å². The maximum Gasteiger partial charge on any atom is 0.279 e. The van der Waals surface area contributed by atoms with E-state index in [0.717, 1.165) is 17.0 Å². The molecule has 2 aromatic carbocycles. The van der Waals surface area contributed by atoms with Crippen molar-refractivity contribution in [3.63, 3.8) is 0 Å². The van der Waals surface area contributed by atoms with Crippen LogP contribution in [0.1, 0.15) is 27.8 Å². The standard InChI is InChI=1S/C21H11BrCl2FN3O/c22-21-26-17-19(28(21)13-2-1-3-13)18(11-4-6-12(23)7-5-11)27(20(17)29)14-8-9-16(25)15(24)10-14/h1-10,18H. The lowest BCUT2D eigenvalue weighted by Gasteiger charge is -2.28. The highest BCUT2D eigenvalue weighted by molar-refractivity contribution is 9.10. The Balaban J connectivity index is 1.74. The molecule has 1 unspecified atom stereocenters. The zero-order valence-electron chi connectivity index (χ0n) is 14.6. The Bertz CT molecular complexity index is 1230. The van der Waals surface area contributed by atoms with Crippen LogP contribution in [0.4, 0.5) is 10.1 Å².